The predicted molar refractivity (Wildman–Crippen MR) is 168 cm³/mol. The first kappa shape index (κ1) is 42.6. The molecular weight excluding hydrogens is 657 g/mol. The number of nitrogens with zero attached hydrogens (tertiary/aromatic N) is 3. The van der Waals surface area contributed by atoms with E-state index < -0.39 is 86.7 Å². The van der Waals surface area contributed by atoms with Crippen LogP contribution in [-0.4, -0.2) is 199 Å². The number of amides is 5. The third kappa shape index (κ3) is 20.5. The molecule has 0 aromatic carbocycles. The zero-order valence-corrected chi connectivity index (χ0v) is 27.0. The average Bonchev–Trinajstić information content (AvgIpc) is 3.53. The number of carbonyl (C=O) groups is 8. The number of hydrogen-bond acceptors (Lipinski definition) is 14. The van der Waals surface area contributed by atoms with Gasteiger partial charge in [-0.25, -0.2) is 0 Å². The van der Waals surface area contributed by atoms with Crippen molar-refractivity contribution >= 4 is 54.6 Å². The first-order valence-electron chi connectivity index (χ1n) is 15.4. The molecule has 0 aromatic heterocycles. The van der Waals surface area contributed by atoms with Crippen LogP contribution < -0.4 is 31.9 Å². The normalized spacial score (nSPS) is 14.0. The predicted octanol–water partition coefficient (Wildman–Crippen LogP) is -7.51. The standard InChI is InChI=1S/C26H46BN9O13/c37-19(31-11-21(39)33-13-23(41)36-5-1-2-18(36)27(48)49)10-30-20(38)12-32-22(40)16-34(6-3-28-14-24(42)43)8-9-35(17-26(46)47)7-4-29-15-25(44)45/h18,28-29,48-49H,1-17H2,(H,30,38)(H,31,37)(H,32,40)(H,33,39)(H,42,43)(H,44,45)(H,46,47)/t18-/m0/s1. The number of carbonyl (C=O) groups excluding carboxylic acids is 5. The van der Waals surface area contributed by atoms with Crippen LogP contribution in [0.25, 0.3) is 0 Å². The molecule has 0 spiro atoms. The summed E-state index contributed by atoms with van der Waals surface area (Å²) in [5, 5.41) is 60.0. The van der Waals surface area contributed by atoms with Crippen LogP contribution in [0.15, 0.2) is 0 Å². The van der Waals surface area contributed by atoms with E-state index in [9.17, 15) is 53.5 Å². The van der Waals surface area contributed by atoms with Crippen LogP contribution in [0.3, 0.4) is 0 Å². The summed E-state index contributed by atoms with van der Waals surface area (Å²) in [6, 6.07) is 0. The lowest BCUT2D eigenvalue weighted by atomic mass is 9.78. The van der Waals surface area contributed by atoms with Gasteiger partial charge in [0, 0.05) is 45.8 Å². The molecule has 11 N–H and O–H groups in total. The van der Waals surface area contributed by atoms with E-state index in [4.69, 9.17) is 10.2 Å². The molecule has 1 aliphatic rings. The largest absolute Gasteiger partial charge is 0.480 e. The van der Waals surface area contributed by atoms with Gasteiger partial charge in [0.15, 0.2) is 0 Å². The van der Waals surface area contributed by atoms with E-state index in [-0.39, 0.29) is 65.4 Å². The molecule has 49 heavy (non-hydrogen) atoms. The topological polar surface area (TPSA) is 320 Å². The Labute approximate surface area is 282 Å². The zero-order chi connectivity index (χ0) is 36.8. The summed E-state index contributed by atoms with van der Waals surface area (Å²) in [6.07, 6.45) is 1.01. The van der Waals surface area contributed by atoms with E-state index >= 15 is 0 Å². The molecule has 0 saturated carbocycles. The Morgan fingerprint density at radius 3 is 1.49 bits per heavy atom. The van der Waals surface area contributed by atoms with E-state index in [2.05, 4.69) is 31.9 Å². The summed E-state index contributed by atoms with van der Waals surface area (Å²) in [7, 11) is -1.69. The molecule has 0 bridgehead atoms. The number of likely N-dealkylation sites (tertiary alicyclic amines) is 1. The second kappa shape index (κ2) is 23.8. The number of carboxylic acids is 3. The van der Waals surface area contributed by atoms with Crippen molar-refractivity contribution in [3.63, 3.8) is 0 Å². The Kier molecular flexibility index (Phi) is 20.7. The molecule has 1 aliphatic heterocycles. The maximum atomic E-state index is 12.6. The quantitative estimate of drug-likeness (QED) is 0.0294. The Morgan fingerprint density at radius 2 is 1.04 bits per heavy atom. The number of hydrogen-bond donors (Lipinski definition) is 11. The average molecular weight is 704 g/mol. The SMILES string of the molecule is O=C(O)CNCCN(CCN(CCNCC(=O)O)CC(=O)NCC(=O)NCC(=O)NCC(=O)NCC(=O)N1CCC[C@H]1B(O)O)CC(=O)O. The van der Waals surface area contributed by atoms with Crippen molar-refractivity contribution in [2.24, 2.45) is 0 Å². The molecule has 0 aromatic rings. The van der Waals surface area contributed by atoms with E-state index in [0.717, 1.165) is 0 Å². The first-order valence-corrected chi connectivity index (χ1v) is 15.4. The highest BCUT2D eigenvalue weighted by Crippen LogP contribution is 2.17. The summed E-state index contributed by atoms with van der Waals surface area (Å²) >= 11 is 0. The van der Waals surface area contributed by atoms with E-state index in [1.54, 1.807) is 4.90 Å². The Bertz CT molecular complexity index is 1150. The molecule has 23 heteroatoms. The van der Waals surface area contributed by atoms with Gasteiger partial charge >= 0.3 is 25.0 Å². The molecule has 5 amide bonds. The highest BCUT2D eigenvalue weighted by atomic mass is 16.4. The number of carboxylic acid groups (broad SMARTS) is 3. The highest BCUT2D eigenvalue weighted by molar-refractivity contribution is 6.43. The van der Waals surface area contributed by atoms with Crippen LogP contribution in [0.4, 0.5) is 0 Å². The van der Waals surface area contributed by atoms with Gasteiger partial charge in [0.25, 0.3) is 0 Å². The molecule has 0 aliphatic carbocycles. The van der Waals surface area contributed by atoms with Gasteiger partial charge in [-0.1, -0.05) is 0 Å². The second-order valence-electron chi connectivity index (χ2n) is 10.9. The van der Waals surface area contributed by atoms with Gasteiger partial charge in [0.05, 0.1) is 58.3 Å². The monoisotopic (exact) mass is 703 g/mol. The van der Waals surface area contributed by atoms with Crippen molar-refractivity contribution in [3.05, 3.63) is 0 Å². The number of aliphatic carboxylic acids is 3. The first-order chi connectivity index (χ1) is 23.2. The van der Waals surface area contributed by atoms with Crippen LogP contribution in [0, 0.1) is 0 Å². The van der Waals surface area contributed by atoms with Crippen LogP contribution in [0.1, 0.15) is 12.8 Å². The molecule has 0 radical (unpaired) electrons. The Balaban J connectivity index is 2.45. The van der Waals surface area contributed by atoms with Gasteiger partial charge in [0.1, 0.15) is 0 Å². The molecule has 1 fully saturated rings. The minimum Gasteiger partial charge on any atom is -0.480 e. The van der Waals surface area contributed by atoms with Gasteiger partial charge in [-0.3, -0.25) is 48.2 Å². The van der Waals surface area contributed by atoms with Gasteiger partial charge in [-0.2, -0.15) is 0 Å². The summed E-state index contributed by atoms with van der Waals surface area (Å²) in [6.45, 7) is -1.71. The molecule has 1 rings (SSSR count). The van der Waals surface area contributed by atoms with E-state index in [0.29, 0.717) is 19.4 Å². The second-order valence-corrected chi connectivity index (χ2v) is 10.9. The molecule has 1 heterocycles. The Hall–Kier alpha value is -4.42. The maximum Gasteiger partial charge on any atom is 0.475 e. The van der Waals surface area contributed by atoms with Crippen LogP contribution >= 0.6 is 0 Å². The molecule has 22 nitrogen and oxygen atoms in total. The molecular formula is C26H46BN9O13. The third-order valence-corrected chi connectivity index (χ3v) is 6.96. The van der Waals surface area contributed by atoms with Crippen LogP contribution in [0.2, 0.25) is 0 Å². The van der Waals surface area contributed by atoms with Gasteiger partial charge in [-0.05, 0) is 12.8 Å². The smallest absolute Gasteiger partial charge is 0.475 e. The van der Waals surface area contributed by atoms with Gasteiger partial charge in [0.2, 0.25) is 29.5 Å². The minimum atomic E-state index is -1.69. The summed E-state index contributed by atoms with van der Waals surface area (Å²) in [5.41, 5.74) is 0. The van der Waals surface area contributed by atoms with Crippen molar-refractivity contribution in [1.29, 1.82) is 0 Å². The molecule has 1 atom stereocenters. The van der Waals surface area contributed by atoms with Crippen molar-refractivity contribution in [2.75, 3.05) is 98.2 Å². The van der Waals surface area contributed by atoms with Crippen LogP contribution in [-0.2, 0) is 38.4 Å². The number of nitrogens with one attached hydrogen (secondary N) is 6. The van der Waals surface area contributed by atoms with Crippen LogP contribution in [0.5, 0.6) is 0 Å². The summed E-state index contributed by atoms with van der Waals surface area (Å²) in [4.78, 5) is 98.1. The fourth-order valence-electron chi connectivity index (χ4n) is 4.55. The fourth-order valence-corrected chi connectivity index (χ4v) is 4.55. The van der Waals surface area contributed by atoms with E-state index in [1.165, 1.54) is 9.80 Å². The Morgan fingerprint density at radius 1 is 0.592 bits per heavy atom. The van der Waals surface area contributed by atoms with Crippen molar-refractivity contribution in [2.45, 2.75) is 18.8 Å². The van der Waals surface area contributed by atoms with Gasteiger partial charge in [-0.15, -0.1) is 0 Å². The fraction of sp³-hybridized carbons (Fsp3) is 0.692. The molecule has 1 saturated heterocycles. The highest BCUT2D eigenvalue weighted by Gasteiger charge is 2.36. The zero-order valence-electron chi connectivity index (χ0n) is 27.0. The van der Waals surface area contributed by atoms with Gasteiger partial charge < -0.3 is 62.2 Å². The summed E-state index contributed by atoms with van der Waals surface area (Å²) < 4.78 is 0. The van der Waals surface area contributed by atoms with Crippen molar-refractivity contribution < 1.29 is 63.7 Å². The number of rotatable bonds is 26. The van der Waals surface area contributed by atoms with Crippen molar-refractivity contribution in [3.8, 4) is 0 Å². The lowest BCUT2D eigenvalue weighted by Gasteiger charge is -2.26. The molecule has 276 valence electrons. The molecule has 0 unspecified atom stereocenters. The minimum absolute atomic E-state index is 0.171. The maximum absolute atomic E-state index is 12.6. The van der Waals surface area contributed by atoms with Crippen molar-refractivity contribution in [1.82, 2.24) is 46.6 Å². The summed E-state index contributed by atoms with van der Waals surface area (Å²) in [5.74, 6) is -7.26. The van der Waals surface area contributed by atoms with E-state index in [1.807, 2.05) is 0 Å². The lowest BCUT2D eigenvalue weighted by molar-refractivity contribution is -0.139. The third-order valence-electron chi connectivity index (χ3n) is 6.96. The lowest BCUT2D eigenvalue weighted by Crippen LogP contribution is -2.50.